The standard InChI is InChI=1S/C16H16N4O2S/c1-3-20-15(18-16(19-20)12-8-23-10(2)17-12)7-11-4-5-13-14(6-11)22-9-21-13/h4-6,8H,3,7,9H2,1-2H3. The van der Waals surface area contributed by atoms with Crippen molar-refractivity contribution in [3.8, 4) is 23.0 Å². The molecule has 0 atom stereocenters. The third-order valence-corrected chi connectivity index (χ3v) is 4.47. The van der Waals surface area contributed by atoms with Gasteiger partial charge < -0.3 is 9.47 Å². The van der Waals surface area contributed by atoms with Crippen molar-refractivity contribution in [2.75, 3.05) is 6.79 Å². The molecule has 0 saturated carbocycles. The van der Waals surface area contributed by atoms with Crippen LogP contribution in [0.4, 0.5) is 0 Å². The number of rotatable bonds is 4. The molecule has 7 heteroatoms. The molecule has 0 radical (unpaired) electrons. The Hall–Kier alpha value is -2.41. The van der Waals surface area contributed by atoms with Gasteiger partial charge in [-0.05, 0) is 31.5 Å². The first-order valence-electron chi connectivity index (χ1n) is 7.47. The Morgan fingerprint density at radius 2 is 2.09 bits per heavy atom. The quantitative estimate of drug-likeness (QED) is 0.736. The average Bonchev–Trinajstić information content (AvgIpc) is 3.25. The highest BCUT2D eigenvalue weighted by molar-refractivity contribution is 7.09. The number of benzene rings is 1. The summed E-state index contributed by atoms with van der Waals surface area (Å²) in [5.41, 5.74) is 1.96. The molecule has 0 saturated heterocycles. The van der Waals surface area contributed by atoms with Crippen molar-refractivity contribution >= 4 is 11.3 Å². The van der Waals surface area contributed by atoms with Gasteiger partial charge in [-0.25, -0.2) is 14.6 Å². The minimum absolute atomic E-state index is 0.289. The molecule has 3 heterocycles. The second kappa shape index (κ2) is 5.66. The van der Waals surface area contributed by atoms with Crippen LogP contribution in [-0.2, 0) is 13.0 Å². The second-order valence-corrected chi connectivity index (χ2v) is 6.35. The smallest absolute Gasteiger partial charge is 0.231 e. The highest BCUT2D eigenvalue weighted by Gasteiger charge is 2.16. The van der Waals surface area contributed by atoms with Crippen LogP contribution in [0.25, 0.3) is 11.5 Å². The van der Waals surface area contributed by atoms with E-state index in [2.05, 4.69) is 22.0 Å². The third kappa shape index (κ3) is 2.68. The lowest BCUT2D eigenvalue weighted by Gasteiger charge is -2.04. The zero-order chi connectivity index (χ0) is 15.8. The third-order valence-electron chi connectivity index (χ3n) is 3.70. The summed E-state index contributed by atoms with van der Waals surface area (Å²) in [6.45, 7) is 5.11. The Labute approximate surface area is 137 Å². The molecule has 0 aliphatic carbocycles. The van der Waals surface area contributed by atoms with Crippen molar-refractivity contribution < 1.29 is 9.47 Å². The highest BCUT2D eigenvalue weighted by Crippen LogP contribution is 2.33. The Morgan fingerprint density at radius 1 is 1.22 bits per heavy atom. The number of fused-ring (bicyclic) bond motifs is 1. The molecule has 0 unspecified atom stereocenters. The Morgan fingerprint density at radius 3 is 2.87 bits per heavy atom. The molecule has 1 aromatic carbocycles. The molecular formula is C16H16N4O2S. The van der Waals surface area contributed by atoms with Crippen molar-refractivity contribution in [2.45, 2.75) is 26.8 Å². The predicted octanol–water partition coefficient (Wildman–Crippen LogP) is 3.05. The molecule has 0 amide bonds. The van der Waals surface area contributed by atoms with Gasteiger partial charge in [-0.1, -0.05) is 6.07 Å². The van der Waals surface area contributed by atoms with Crippen LogP contribution in [0.15, 0.2) is 23.6 Å². The maximum absolute atomic E-state index is 5.44. The fourth-order valence-electron chi connectivity index (χ4n) is 2.57. The van der Waals surface area contributed by atoms with Gasteiger partial charge in [-0.2, -0.15) is 0 Å². The summed E-state index contributed by atoms with van der Waals surface area (Å²) >= 11 is 1.61. The second-order valence-electron chi connectivity index (χ2n) is 5.28. The monoisotopic (exact) mass is 328 g/mol. The van der Waals surface area contributed by atoms with Gasteiger partial charge >= 0.3 is 0 Å². The van der Waals surface area contributed by atoms with Gasteiger partial charge in [0.05, 0.1) is 5.01 Å². The summed E-state index contributed by atoms with van der Waals surface area (Å²) in [4.78, 5) is 9.15. The maximum atomic E-state index is 5.44. The summed E-state index contributed by atoms with van der Waals surface area (Å²) < 4.78 is 12.7. The Kier molecular flexibility index (Phi) is 3.49. The van der Waals surface area contributed by atoms with Gasteiger partial charge in [0.2, 0.25) is 12.6 Å². The highest BCUT2D eigenvalue weighted by atomic mass is 32.1. The minimum Gasteiger partial charge on any atom is -0.454 e. The van der Waals surface area contributed by atoms with Gasteiger partial charge in [0.1, 0.15) is 11.5 Å². The molecule has 1 aliphatic heterocycles. The van der Waals surface area contributed by atoms with Gasteiger partial charge in [0.15, 0.2) is 11.5 Å². The van der Waals surface area contributed by atoms with E-state index >= 15 is 0 Å². The van der Waals surface area contributed by atoms with Crippen molar-refractivity contribution in [1.82, 2.24) is 19.7 Å². The largest absolute Gasteiger partial charge is 0.454 e. The average molecular weight is 328 g/mol. The van der Waals surface area contributed by atoms with Crippen LogP contribution in [0.1, 0.15) is 23.3 Å². The molecule has 0 N–H and O–H groups in total. The predicted molar refractivity (Wildman–Crippen MR) is 86.9 cm³/mol. The van der Waals surface area contributed by atoms with Gasteiger partial charge in [0.25, 0.3) is 0 Å². The van der Waals surface area contributed by atoms with E-state index in [0.29, 0.717) is 12.2 Å². The molecule has 1 aliphatic rings. The first kappa shape index (κ1) is 14.2. The molecule has 0 bridgehead atoms. The zero-order valence-corrected chi connectivity index (χ0v) is 13.8. The lowest BCUT2D eigenvalue weighted by Crippen LogP contribution is -2.04. The van der Waals surface area contributed by atoms with Crippen LogP contribution in [0.3, 0.4) is 0 Å². The zero-order valence-electron chi connectivity index (χ0n) is 12.9. The van der Waals surface area contributed by atoms with E-state index in [4.69, 9.17) is 9.47 Å². The van der Waals surface area contributed by atoms with Crippen molar-refractivity contribution in [2.24, 2.45) is 0 Å². The lowest BCUT2D eigenvalue weighted by atomic mass is 10.1. The van der Waals surface area contributed by atoms with Crippen LogP contribution in [0.2, 0.25) is 0 Å². The summed E-state index contributed by atoms with van der Waals surface area (Å²) in [7, 11) is 0. The number of hydrogen-bond donors (Lipinski definition) is 0. The Bertz CT molecular complexity index is 856. The minimum atomic E-state index is 0.289. The summed E-state index contributed by atoms with van der Waals surface area (Å²) in [6, 6.07) is 5.98. The molecule has 4 rings (SSSR count). The van der Waals surface area contributed by atoms with E-state index < -0.39 is 0 Å². The number of ether oxygens (including phenoxy) is 2. The van der Waals surface area contributed by atoms with Crippen molar-refractivity contribution in [3.63, 3.8) is 0 Å². The van der Waals surface area contributed by atoms with E-state index in [0.717, 1.165) is 40.1 Å². The molecule has 0 fully saturated rings. The maximum Gasteiger partial charge on any atom is 0.231 e. The van der Waals surface area contributed by atoms with Crippen LogP contribution < -0.4 is 9.47 Å². The molecule has 118 valence electrons. The topological polar surface area (TPSA) is 62.1 Å². The van der Waals surface area contributed by atoms with Crippen LogP contribution >= 0.6 is 11.3 Å². The normalized spacial score (nSPS) is 12.8. The number of hydrogen-bond acceptors (Lipinski definition) is 6. The summed E-state index contributed by atoms with van der Waals surface area (Å²) in [5, 5.41) is 7.59. The van der Waals surface area contributed by atoms with E-state index in [9.17, 15) is 0 Å². The summed E-state index contributed by atoms with van der Waals surface area (Å²) in [6.07, 6.45) is 0.695. The van der Waals surface area contributed by atoms with Gasteiger partial charge in [-0.15, -0.1) is 16.4 Å². The SMILES string of the molecule is CCn1nc(-c2csc(C)n2)nc1Cc1ccc2c(c1)OCO2. The molecule has 2 aromatic heterocycles. The number of thiazole rings is 1. The van der Waals surface area contributed by atoms with E-state index in [1.165, 1.54) is 0 Å². The van der Waals surface area contributed by atoms with Crippen LogP contribution in [0, 0.1) is 6.92 Å². The van der Waals surface area contributed by atoms with E-state index in [-0.39, 0.29) is 6.79 Å². The van der Waals surface area contributed by atoms with Gasteiger partial charge in [-0.3, -0.25) is 0 Å². The number of nitrogens with zero attached hydrogens (tertiary/aromatic N) is 4. The molecule has 0 spiro atoms. The Balaban J connectivity index is 1.64. The van der Waals surface area contributed by atoms with E-state index in [1.807, 2.05) is 35.2 Å². The van der Waals surface area contributed by atoms with Crippen LogP contribution in [0.5, 0.6) is 11.5 Å². The van der Waals surface area contributed by atoms with Crippen LogP contribution in [-0.4, -0.2) is 26.5 Å². The summed E-state index contributed by atoms with van der Waals surface area (Å²) in [5.74, 6) is 3.20. The fraction of sp³-hybridized carbons (Fsp3) is 0.312. The fourth-order valence-corrected chi connectivity index (χ4v) is 3.16. The number of aromatic nitrogens is 4. The molecule has 3 aromatic rings. The van der Waals surface area contributed by atoms with Crippen molar-refractivity contribution in [1.29, 1.82) is 0 Å². The molecule has 6 nitrogen and oxygen atoms in total. The first-order valence-corrected chi connectivity index (χ1v) is 8.35. The molecule has 23 heavy (non-hydrogen) atoms. The first-order chi connectivity index (χ1) is 11.2. The van der Waals surface area contributed by atoms with E-state index in [1.54, 1.807) is 11.3 Å². The molecular weight excluding hydrogens is 312 g/mol. The van der Waals surface area contributed by atoms with Gasteiger partial charge in [0, 0.05) is 18.3 Å². The van der Waals surface area contributed by atoms with Crippen molar-refractivity contribution in [3.05, 3.63) is 40.0 Å². The number of aryl methyl sites for hydroxylation is 2. The lowest BCUT2D eigenvalue weighted by molar-refractivity contribution is 0.174.